The summed E-state index contributed by atoms with van der Waals surface area (Å²) in [4.78, 5) is 27.9. The average molecular weight is 430 g/mol. The standard InChI is InChI=1S/C24H29F2N3O2/c1-18(30)29-15-5-14-28(16-17-29)13-3-2-8-23(31)27-20-11-9-19(10-12-20)21-6-4-7-22(25)24(21)26/h4,6-7,9-12H,2-3,5,8,13-17H2,1H3,(H,27,31). The van der Waals surface area contributed by atoms with Gasteiger partial charge in [0.25, 0.3) is 0 Å². The van der Waals surface area contributed by atoms with E-state index in [1.807, 2.05) is 4.90 Å². The molecule has 0 saturated carbocycles. The number of amides is 2. The van der Waals surface area contributed by atoms with Gasteiger partial charge in [-0.25, -0.2) is 8.78 Å². The molecule has 1 aliphatic rings. The topological polar surface area (TPSA) is 52.7 Å². The molecule has 0 aromatic heterocycles. The van der Waals surface area contributed by atoms with E-state index in [4.69, 9.17) is 0 Å². The maximum absolute atomic E-state index is 13.9. The summed E-state index contributed by atoms with van der Waals surface area (Å²) in [5, 5.41) is 2.85. The monoisotopic (exact) mass is 429 g/mol. The first kappa shape index (κ1) is 22.9. The number of hydrogen-bond donors (Lipinski definition) is 1. The van der Waals surface area contributed by atoms with Crippen molar-refractivity contribution in [3.8, 4) is 11.1 Å². The third-order valence-electron chi connectivity index (χ3n) is 5.59. The highest BCUT2D eigenvalue weighted by atomic mass is 19.2. The lowest BCUT2D eigenvalue weighted by molar-refractivity contribution is -0.128. The molecule has 1 fully saturated rings. The lowest BCUT2D eigenvalue weighted by atomic mass is 10.0. The van der Waals surface area contributed by atoms with Gasteiger partial charge in [-0.2, -0.15) is 0 Å². The van der Waals surface area contributed by atoms with Crippen molar-refractivity contribution < 1.29 is 18.4 Å². The van der Waals surface area contributed by atoms with Crippen LogP contribution < -0.4 is 5.32 Å². The van der Waals surface area contributed by atoms with Gasteiger partial charge in [-0.1, -0.05) is 24.3 Å². The number of anilines is 1. The fourth-order valence-corrected chi connectivity index (χ4v) is 3.81. The van der Waals surface area contributed by atoms with Crippen LogP contribution in [-0.2, 0) is 9.59 Å². The normalized spacial score (nSPS) is 14.9. The number of rotatable bonds is 7. The zero-order chi connectivity index (χ0) is 22.2. The van der Waals surface area contributed by atoms with Crippen LogP contribution in [0.5, 0.6) is 0 Å². The average Bonchev–Trinajstić information content (AvgIpc) is 3.00. The summed E-state index contributed by atoms with van der Waals surface area (Å²) in [6, 6.07) is 10.8. The summed E-state index contributed by atoms with van der Waals surface area (Å²) in [5.74, 6) is -1.69. The van der Waals surface area contributed by atoms with Gasteiger partial charge in [-0.3, -0.25) is 9.59 Å². The molecule has 0 atom stereocenters. The zero-order valence-corrected chi connectivity index (χ0v) is 17.9. The van der Waals surface area contributed by atoms with E-state index in [2.05, 4.69) is 10.2 Å². The van der Waals surface area contributed by atoms with Gasteiger partial charge in [0.15, 0.2) is 11.6 Å². The summed E-state index contributed by atoms with van der Waals surface area (Å²) in [7, 11) is 0. The number of unbranched alkanes of at least 4 members (excludes halogenated alkanes) is 1. The maximum Gasteiger partial charge on any atom is 0.224 e. The first-order chi connectivity index (χ1) is 14.9. The molecule has 0 unspecified atom stereocenters. The molecule has 31 heavy (non-hydrogen) atoms. The van der Waals surface area contributed by atoms with Crippen LogP contribution in [0, 0.1) is 11.6 Å². The van der Waals surface area contributed by atoms with Crippen LogP contribution in [0.4, 0.5) is 14.5 Å². The molecule has 3 rings (SSSR count). The summed E-state index contributed by atoms with van der Waals surface area (Å²) >= 11 is 0. The van der Waals surface area contributed by atoms with Gasteiger partial charge in [0.05, 0.1) is 0 Å². The quantitative estimate of drug-likeness (QED) is 0.668. The molecule has 5 nitrogen and oxygen atoms in total. The summed E-state index contributed by atoms with van der Waals surface area (Å²) in [6.07, 6.45) is 3.11. The van der Waals surface area contributed by atoms with Crippen LogP contribution in [0.25, 0.3) is 11.1 Å². The van der Waals surface area contributed by atoms with Gasteiger partial charge in [0.1, 0.15) is 0 Å². The molecule has 0 spiro atoms. The Hall–Kier alpha value is -2.80. The number of benzene rings is 2. The summed E-state index contributed by atoms with van der Waals surface area (Å²) in [5.41, 5.74) is 1.37. The Balaban J connectivity index is 1.40. The highest BCUT2D eigenvalue weighted by molar-refractivity contribution is 5.91. The molecular weight excluding hydrogens is 400 g/mol. The van der Waals surface area contributed by atoms with Crippen molar-refractivity contribution in [3.63, 3.8) is 0 Å². The van der Waals surface area contributed by atoms with E-state index in [0.29, 0.717) is 17.7 Å². The second kappa shape index (κ2) is 11.0. The molecule has 1 aliphatic heterocycles. The van der Waals surface area contributed by atoms with E-state index in [0.717, 1.165) is 58.1 Å². The molecule has 7 heteroatoms. The second-order valence-electron chi connectivity index (χ2n) is 7.89. The molecule has 1 N–H and O–H groups in total. The minimum atomic E-state index is -0.883. The van der Waals surface area contributed by atoms with Gasteiger partial charge in [0, 0.05) is 44.2 Å². The predicted octanol–water partition coefficient (Wildman–Crippen LogP) is 4.29. The fraction of sp³-hybridized carbons (Fsp3) is 0.417. The van der Waals surface area contributed by atoms with E-state index in [1.54, 1.807) is 31.2 Å². The van der Waals surface area contributed by atoms with Crippen molar-refractivity contribution >= 4 is 17.5 Å². The second-order valence-corrected chi connectivity index (χ2v) is 7.89. The van der Waals surface area contributed by atoms with Crippen LogP contribution in [0.3, 0.4) is 0 Å². The smallest absolute Gasteiger partial charge is 0.224 e. The molecule has 166 valence electrons. The highest BCUT2D eigenvalue weighted by Crippen LogP contribution is 2.25. The van der Waals surface area contributed by atoms with Gasteiger partial charge >= 0.3 is 0 Å². The van der Waals surface area contributed by atoms with Crippen molar-refractivity contribution in [1.29, 1.82) is 0 Å². The van der Waals surface area contributed by atoms with E-state index >= 15 is 0 Å². The fourth-order valence-electron chi connectivity index (χ4n) is 3.81. The molecule has 0 aliphatic carbocycles. The van der Waals surface area contributed by atoms with Crippen molar-refractivity contribution in [2.75, 3.05) is 38.0 Å². The molecule has 2 aromatic rings. The first-order valence-electron chi connectivity index (χ1n) is 10.8. The number of hydrogen-bond acceptors (Lipinski definition) is 3. The SMILES string of the molecule is CC(=O)N1CCCN(CCCCC(=O)Nc2ccc(-c3cccc(F)c3F)cc2)CC1. The van der Waals surface area contributed by atoms with Gasteiger partial charge in [-0.05, 0) is 56.1 Å². The molecule has 2 amide bonds. The number of halogens is 2. The zero-order valence-electron chi connectivity index (χ0n) is 17.9. The third-order valence-corrected chi connectivity index (χ3v) is 5.59. The lowest BCUT2D eigenvalue weighted by Crippen LogP contribution is -2.34. The van der Waals surface area contributed by atoms with Crippen LogP contribution in [-0.4, -0.2) is 54.3 Å². The largest absolute Gasteiger partial charge is 0.342 e. The third kappa shape index (κ3) is 6.59. The maximum atomic E-state index is 13.9. The van der Waals surface area contributed by atoms with Crippen LogP contribution in [0.15, 0.2) is 42.5 Å². The van der Waals surface area contributed by atoms with Crippen molar-refractivity contribution in [2.24, 2.45) is 0 Å². The number of nitrogens with zero attached hydrogens (tertiary/aromatic N) is 2. The lowest BCUT2D eigenvalue weighted by Gasteiger charge is -2.20. The van der Waals surface area contributed by atoms with Crippen LogP contribution in [0.2, 0.25) is 0 Å². The number of carbonyl (C=O) groups is 2. The molecule has 1 heterocycles. The van der Waals surface area contributed by atoms with E-state index in [1.165, 1.54) is 12.1 Å². The van der Waals surface area contributed by atoms with E-state index < -0.39 is 11.6 Å². The van der Waals surface area contributed by atoms with Crippen molar-refractivity contribution in [3.05, 3.63) is 54.1 Å². The number of nitrogens with one attached hydrogen (secondary N) is 1. The minimum Gasteiger partial charge on any atom is -0.342 e. The van der Waals surface area contributed by atoms with E-state index in [9.17, 15) is 18.4 Å². The number of carbonyl (C=O) groups excluding carboxylic acids is 2. The van der Waals surface area contributed by atoms with E-state index in [-0.39, 0.29) is 17.4 Å². The Morgan fingerprint density at radius 2 is 1.74 bits per heavy atom. The summed E-state index contributed by atoms with van der Waals surface area (Å²) < 4.78 is 27.3. The van der Waals surface area contributed by atoms with Crippen molar-refractivity contribution in [2.45, 2.75) is 32.6 Å². The van der Waals surface area contributed by atoms with Crippen LogP contribution >= 0.6 is 0 Å². The molecule has 2 aromatic carbocycles. The predicted molar refractivity (Wildman–Crippen MR) is 118 cm³/mol. The molecule has 1 saturated heterocycles. The van der Waals surface area contributed by atoms with Crippen molar-refractivity contribution in [1.82, 2.24) is 9.80 Å². The molecule has 0 bridgehead atoms. The molecule has 0 radical (unpaired) electrons. The first-order valence-corrected chi connectivity index (χ1v) is 10.8. The highest BCUT2D eigenvalue weighted by Gasteiger charge is 2.16. The van der Waals surface area contributed by atoms with Gasteiger partial charge < -0.3 is 15.1 Å². The van der Waals surface area contributed by atoms with Gasteiger partial charge in [0.2, 0.25) is 11.8 Å². The van der Waals surface area contributed by atoms with Gasteiger partial charge in [-0.15, -0.1) is 0 Å². The summed E-state index contributed by atoms with van der Waals surface area (Å²) in [6.45, 7) is 5.98. The van der Waals surface area contributed by atoms with Crippen LogP contribution in [0.1, 0.15) is 32.6 Å². The Morgan fingerprint density at radius 1 is 0.968 bits per heavy atom. The Bertz CT molecular complexity index is 902. The Morgan fingerprint density at radius 3 is 2.48 bits per heavy atom. The Labute approximate surface area is 182 Å². The molecular formula is C24H29F2N3O2. The minimum absolute atomic E-state index is 0.0664. The Kier molecular flexibility index (Phi) is 8.12.